The molecule has 0 fully saturated rings. The first-order chi connectivity index (χ1) is 16.2. The second-order valence-corrected chi connectivity index (χ2v) is 8.93. The molecule has 1 heterocycles. The van der Waals surface area contributed by atoms with Crippen molar-refractivity contribution in [2.75, 3.05) is 53.3 Å². The summed E-state index contributed by atoms with van der Waals surface area (Å²) in [7, 11) is 7.05. The highest BCUT2D eigenvalue weighted by Crippen LogP contribution is 2.27. The molecule has 0 saturated carbocycles. The van der Waals surface area contributed by atoms with Crippen LogP contribution in [0.2, 0.25) is 0 Å². The Morgan fingerprint density at radius 3 is 2.56 bits per heavy atom. The van der Waals surface area contributed by atoms with E-state index in [0.717, 1.165) is 6.54 Å². The van der Waals surface area contributed by atoms with E-state index in [1.165, 1.54) is 0 Å². The highest BCUT2D eigenvalue weighted by molar-refractivity contribution is 6.05. The standard InChI is InChI=1S/C26H35N3O5/c1-17-14-28(3)18(2)16-34-23-11-10-20(13-22(23)26(31)29(4)15-24(17)33-6)27-25(30)19-8-7-9-21(12-19)32-5/h7-13,17-18,24H,14-16H2,1-6H3,(H,27,30)/t17-,18-,24-/m0/s1. The first-order valence-corrected chi connectivity index (χ1v) is 11.4. The van der Waals surface area contributed by atoms with Crippen LogP contribution < -0.4 is 14.8 Å². The summed E-state index contributed by atoms with van der Waals surface area (Å²) in [5.41, 5.74) is 1.36. The Hall–Kier alpha value is -3.10. The number of carbonyl (C=O) groups excluding carboxylic acids is 2. The molecule has 2 amide bonds. The molecular weight excluding hydrogens is 434 g/mol. The Morgan fingerprint density at radius 1 is 1.09 bits per heavy atom. The van der Waals surface area contributed by atoms with Crippen molar-refractivity contribution >= 4 is 17.5 Å². The lowest BCUT2D eigenvalue weighted by Gasteiger charge is -2.34. The van der Waals surface area contributed by atoms with Crippen LogP contribution in [0.25, 0.3) is 0 Å². The molecule has 3 atom stereocenters. The number of amides is 2. The zero-order valence-electron chi connectivity index (χ0n) is 20.8. The van der Waals surface area contributed by atoms with E-state index >= 15 is 0 Å². The van der Waals surface area contributed by atoms with Gasteiger partial charge in [0.1, 0.15) is 18.1 Å². The summed E-state index contributed by atoms with van der Waals surface area (Å²) in [5, 5.41) is 2.87. The van der Waals surface area contributed by atoms with Gasteiger partial charge in [-0.05, 0) is 56.3 Å². The summed E-state index contributed by atoms with van der Waals surface area (Å²) in [5.74, 6) is 0.816. The van der Waals surface area contributed by atoms with Gasteiger partial charge < -0.3 is 24.4 Å². The van der Waals surface area contributed by atoms with Crippen molar-refractivity contribution < 1.29 is 23.8 Å². The Morgan fingerprint density at radius 2 is 1.85 bits per heavy atom. The van der Waals surface area contributed by atoms with E-state index in [1.54, 1.807) is 68.6 Å². The largest absolute Gasteiger partial charge is 0.497 e. The fourth-order valence-electron chi connectivity index (χ4n) is 4.00. The molecule has 34 heavy (non-hydrogen) atoms. The molecule has 8 heteroatoms. The van der Waals surface area contributed by atoms with Crippen molar-refractivity contribution in [1.29, 1.82) is 0 Å². The quantitative estimate of drug-likeness (QED) is 0.740. The summed E-state index contributed by atoms with van der Waals surface area (Å²) in [4.78, 5) is 30.1. The predicted molar refractivity (Wildman–Crippen MR) is 132 cm³/mol. The number of hydrogen-bond donors (Lipinski definition) is 1. The molecule has 0 unspecified atom stereocenters. The van der Waals surface area contributed by atoms with E-state index in [1.807, 2.05) is 0 Å². The van der Waals surface area contributed by atoms with Crippen LogP contribution in [-0.2, 0) is 4.74 Å². The maximum absolute atomic E-state index is 13.4. The van der Waals surface area contributed by atoms with Gasteiger partial charge in [-0.25, -0.2) is 0 Å². The van der Waals surface area contributed by atoms with E-state index in [9.17, 15) is 9.59 Å². The predicted octanol–water partition coefficient (Wildman–Crippen LogP) is 3.38. The number of rotatable bonds is 4. The lowest BCUT2D eigenvalue weighted by atomic mass is 10.0. The van der Waals surface area contributed by atoms with Crippen LogP contribution in [0, 0.1) is 5.92 Å². The topological polar surface area (TPSA) is 80.3 Å². The third kappa shape index (κ3) is 6.07. The molecule has 0 bridgehead atoms. The molecule has 0 aromatic heterocycles. The Balaban J connectivity index is 1.90. The zero-order valence-corrected chi connectivity index (χ0v) is 20.8. The van der Waals surface area contributed by atoms with Crippen LogP contribution in [0.15, 0.2) is 42.5 Å². The molecule has 8 nitrogen and oxygen atoms in total. The lowest BCUT2D eigenvalue weighted by molar-refractivity contribution is 0.0150. The van der Waals surface area contributed by atoms with E-state index in [4.69, 9.17) is 14.2 Å². The fraction of sp³-hybridized carbons (Fsp3) is 0.462. The van der Waals surface area contributed by atoms with Gasteiger partial charge in [0.15, 0.2) is 0 Å². The van der Waals surface area contributed by atoms with Crippen LogP contribution in [0.3, 0.4) is 0 Å². The van der Waals surface area contributed by atoms with Crippen LogP contribution >= 0.6 is 0 Å². The Labute approximate surface area is 201 Å². The van der Waals surface area contributed by atoms with E-state index in [2.05, 4.69) is 31.1 Å². The van der Waals surface area contributed by atoms with Crippen molar-refractivity contribution in [2.45, 2.75) is 26.0 Å². The third-order valence-corrected chi connectivity index (χ3v) is 6.35. The number of benzene rings is 2. The van der Waals surface area contributed by atoms with Crippen molar-refractivity contribution in [1.82, 2.24) is 9.80 Å². The molecule has 0 saturated heterocycles. The minimum absolute atomic E-state index is 0.108. The third-order valence-electron chi connectivity index (χ3n) is 6.35. The number of methoxy groups -OCH3 is 2. The molecule has 0 radical (unpaired) electrons. The van der Waals surface area contributed by atoms with Gasteiger partial charge in [0.05, 0.1) is 18.8 Å². The number of nitrogens with zero attached hydrogens (tertiary/aromatic N) is 2. The van der Waals surface area contributed by atoms with Gasteiger partial charge in [0.25, 0.3) is 11.8 Å². The van der Waals surface area contributed by atoms with E-state index in [0.29, 0.717) is 41.5 Å². The maximum atomic E-state index is 13.4. The first kappa shape index (κ1) is 25.5. The fourth-order valence-corrected chi connectivity index (χ4v) is 4.00. The Bertz CT molecular complexity index is 1010. The number of nitrogens with one attached hydrogen (secondary N) is 1. The van der Waals surface area contributed by atoms with Crippen LogP contribution in [0.1, 0.15) is 34.6 Å². The minimum atomic E-state index is -0.294. The second kappa shape index (κ2) is 11.4. The maximum Gasteiger partial charge on any atom is 0.257 e. The van der Waals surface area contributed by atoms with Gasteiger partial charge in [-0.15, -0.1) is 0 Å². The average Bonchev–Trinajstić information content (AvgIpc) is 2.84. The van der Waals surface area contributed by atoms with Crippen LogP contribution in [0.4, 0.5) is 5.69 Å². The lowest BCUT2D eigenvalue weighted by Crippen LogP contribution is -2.45. The van der Waals surface area contributed by atoms with E-state index in [-0.39, 0.29) is 29.9 Å². The highest BCUT2D eigenvalue weighted by atomic mass is 16.5. The Kier molecular flexibility index (Phi) is 8.52. The molecule has 2 aromatic carbocycles. The second-order valence-electron chi connectivity index (χ2n) is 8.93. The normalized spacial score (nSPS) is 22.1. The SMILES string of the molecule is COc1cccc(C(=O)Nc2ccc3c(c2)C(=O)N(C)C[C@H](OC)[C@@H](C)CN(C)[C@@H](C)CO3)c1. The van der Waals surface area contributed by atoms with Gasteiger partial charge in [0.2, 0.25) is 0 Å². The van der Waals surface area contributed by atoms with Gasteiger partial charge in [-0.1, -0.05) is 13.0 Å². The summed E-state index contributed by atoms with van der Waals surface area (Å²) in [6.07, 6.45) is -0.108. The van der Waals surface area contributed by atoms with Crippen LogP contribution in [0.5, 0.6) is 11.5 Å². The van der Waals surface area contributed by atoms with Gasteiger partial charge in [0, 0.05) is 44.5 Å². The summed E-state index contributed by atoms with van der Waals surface area (Å²) in [6, 6.07) is 12.2. The number of ether oxygens (including phenoxy) is 3. The van der Waals surface area contributed by atoms with Gasteiger partial charge in [-0.3, -0.25) is 14.5 Å². The van der Waals surface area contributed by atoms with Crippen molar-refractivity contribution in [3.63, 3.8) is 0 Å². The van der Waals surface area contributed by atoms with Gasteiger partial charge in [-0.2, -0.15) is 0 Å². The molecule has 0 spiro atoms. The molecule has 0 aliphatic carbocycles. The van der Waals surface area contributed by atoms with Gasteiger partial charge >= 0.3 is 0 Å². The van der Waals surface area contributed by atoms with Crippen molar-refractivity contribution in [3.05, 3.63) is 53.6 Å². The van der Waals surface area contributed by atoms with E-state index < -0.39 is 0 Å². The summed E-state index contributed by atoms with van der Waals surface area (Å²) >= 11 is 0. The number of fused-ring (bicyclic) bond motifs is 1. The molecule has 2 aromatic rings. The monoisotopic (exact) mass is 469 g/mol. The molecule has 1 aliphatic heterocycles. The average molecular weight is 470 g/mol. The first-order valence-electron chi connectivity index (χ1n) is 11.4. The highest BCUT2D eigenvalue weighted by Gasteiger charge is 2.27. The molecule has 1 aliphatic rings. The molecule has 3 rings (SSSR count). The van der Waals surface area contributed by atoms with Crippen LogP contribution in [-0.4, -0.2) is 81.8 Å². The van der Waals surface area contributed by atoms with Crippen molar-refractivity contribution in [3.8, 4) is 11.5 Å². The number of anilines is 1. The van der Waals surface area contributed by atoms with Crippen molar-refractivity contribution in [2.24, 2.45) is 5.92 Å². The number of hydrogen-bond acceptors (Lipinski definition) is 6. The molecule has 1 N–H and O–H groups in total. The zero-order chi connectivity index (χ0) is 24.8. The number of likely N-dealkylation sites (N-methyl/N-ethyl adjacent to an activating group) is 2. The minimum Gasteiger partial charge on any atom is -0.497 e. The summed E-state index contributed by atoms with van der Waals surface area (Å²) in [6.45, 7) is 5.92. The summed E-state index contributed by atoms with van der Waals surface area (Å²) < 4.78 is 17.0. The molecule has 184 valence electrons. The smallest absolute Gasteiger partial charge is 0.257 e. The molecular formula is C26H35N3O5. The number of carbonyl (C=O) groups is 2.